The molecule has 0 aliphatic rings. The summed E-state index contributed by atoms with van der Waals surface area (Å²) < 4.78 is 36.7. The first-order valence-electron chi connectivity index (χ1n) is 3.70. The van der Waals surface area contributed by atoms with Crippen LogP contribution in [-0.4, -0.2) is 16.9 Å². The third kappa shape index (κ3) is 2.40. The van der Waals surface area contributed by atoms with E-state index in [4.69, 9.17) is 0 Å². The number of fused-ring (bicyclic) bond motifs is 1. The Morgan fingerprint density at radius 2 is 2.00 bits per heavy atom. The smallest absolute Gasteiger partial charge is 0.445 e. The summed E-state index contributed by atoms with van der Waals surface area (Å²) in [4.78, 5) is 6.37. The normalized spacial score (nSPS) is 11.4. The number of rotatable bonds is 1. The van der Waals surface area contributed by atoms with Crippen LogP contribution in [0.3, 0.4) is 0 Å². The fourth-order valence-corrected chi connectivity index (χ4v) is 1.14. The number of hydrogen-bond donors (Lipinski definition) is 1. The van der Waals surface area contributed by atoms with Crippen molar-refractivity contribution < 1.29 is 64.3 Å². The van der Waals surface area contributed by atoms with E-state index in [0.29, 0.717) is 11.0 Å². The number of halogens is 3. The molecule has 2 aromatic rings. The molecule has 7 heteroatoms. The van der Waals surface area contributed by atoms with Crippen molar-refractivity contribution in [3.05, 3.63) is 24.5 Å². The van der Waals surface area contributed by atoms with Crippen LogP contribution in [0.2, 0.25) is 0 Å². The van der Waals surface area contributed by atoms with Crippen LogP contribution in [0.1, 0.15) is 0 Å². The zero-order valence-corrected chi connectivity index (χ0v) is 10.6. The van der Waals surface area contributed by atoms with Crippen LogP contribution in [-0.2, 0) is 0 Å². The van der Waals surface area contributed by atoms with Gasteiger partial charge in [-0.05, 0) is 6.07 Å². The Morgan fingerprint density at radius 3 is 2.64 bits per heavy atom. The minimum absolute atomic E-state index is 0. The fraction of sp³-hybridized carbons (Fsp3) is 0. The molecule has 0 spiro atoms. The monoisotopic (exact) mass is 224 g/mol. The number of pyridine rings is 1. The maximum absolute atomic E-state index is 12.2. The molecule has 0 aliphatic heterocycles. The Morgan fingerprint density at radius 1 is 1.29 bits per heavy atom. The molecule has 2 heterocycles. The summed E-state index contributed by atoms with van der Waals surface area (Å²) in [5, 5.41) is 0.483. The van der Waals surface area contributed by atoms with Crippen molar-refractivity contribution in [1.29, 1.82) is 0 Å². The number of aromatic amines is 1. The zero-order chi connectivity index (χ0) is 9.47. The third-order valence-electron chi connectivity index (χ3n) is 1.80. The van der Waals surface area contributed by atoms with Gasteiger partial charge in [0.2, 0.25) is 0 Å². The number of nitrogens with one attached hydrogen (secondary N) is 1. The summed E-state index contributed by atoms with van der Waals surface area (Å²) in [5.74, 6) is 0. The predicted molar refractivity (Wildman–Crippen MR) is 44.8 cm³/mol. The van der Waals surface area contributed by atoms with Crippen LogP contribution >= 0.6 is 0 Å². The first-order chi connectivity index (χ1) is 6.07. The Labute approximate surface area is 121 Å². The summed E-state index contributed by atoms with van der Waals surface area (Å²) in [6, 6.07) is 2.66. The van der Waals surface area contributed by atoms with E-state index in [9.17, 15) is 12.9 Å². The van der Waals surface area contributed by atoms with Crippen LogP contribution < -0.4 is 56.8 Å². The average molecular weight is 224 g/mol. The van der Waals surface area contributed by atoms with Gasteiger partial charge in [0.1, 0.15) is 5.65 Å². The summed E-state index contributed by atoms with van der Waals surface area (Å²) in [5.41, 5.74) is -0.184. The van der Waals surface area contributed by atoms with Gasteiger partial charge in [0, 0.05) is 17.8 Å². The van der Waals surface area contributed by atoms with Gasteiger partial charge in [0.25, 0.3) is 0 Å². The second kappa shape index (κ2) is 4.36. The van der Waals surface area contributed by atoms with E-state index in [2.05, 4.69) is 9.97 Å². The van der Waals surface area contributed by atoms with Gasteiger partial charge in [-0.25, -0.2) is 4.98 Å². The van der Waals surface area contributed by atoms with Crippen molar-refractivity contribution in [2.75, 3.05) is 0 Å². The largest absolute Gasteiger partial charge is 1.00 e. The molecule has 0 saturated carbocycles. The Hall–Kier alpha value is 0.181. The molecule has 0 bridgehead atoms. The summed E-state index contributed by atoms with van der Waals surface area (Å²) in [6.07, 6.45) is 2.41. The molecule has 0 aliphatic carbocycles. The van der Waals surface area contributed by atoms with Crippen molar-refractivity contribution in [3.63, 3.8) is 0 Å². The van der Waals surface area contributed by atoms with E-state index < -0.39 is 12.4 Å². The molecule has 0 atom stereocenters. The molecule has 0 unspecified atom stereocenters. The molecular weight excluding hydrogens is 219 g/mol. The quantitative estimate of drug-likeness (QED) is 0.594. The summed E-state index contributed by atoms with van der Waals surface area (Å²) >= 11 is 0. The first kappa shape index (κ1) is 12.3. The zero-order valence-electron chi connectivity index (χ0n) is 7.47. The van der Waals surface area contributed by atoms with Crippen molar-refractivity contribution in [3.8, 4) is 0 Å². The van der Waals surface area contributed by atoms with Crippen LogP contribution in [0.25, 0.3) is 11.0 Å². The van der Waals surface area contributed by atoms with Gasteiger partial charge in [-0.3, -0.25) is 0 Å². The topological polar surface area (TPSA) is 28.7 Å². The third-order valence-corrected chi connectivity index (χ3v) is 1.80. The van der Waals surface area contributed by atoms with Crippen molar-refractivity contribution in [2.24, 2.45) is 0 Å². The molecule has 0 radical (unpaired) electrons. The van der Waals surface area contributed by atoms with E-state index >= 15 is 0 Å². The number of nitrogens with zero attached hydrogens (tertiary/aromatic N) is 1. The minimum atomic E-state index is -4.94. The van der Waals surface area contributed by atoms with E-state index in [1.165, 1.54) is 0 Å². The molecule has 0 saturated heterocycles. The van der Waals surface area contributed by atoms with Gasteiger partial charge in [-0.2, -0.15) is 0 Å². The van der Waals surface area contributed by atoms with Crippen molar-refractivity contribution in [1.82, 2.24) is 9.97 Å². The van der Waals surface area contributed by atoms with Gasteiger partial charge >= 0.3 is 58.4 Å². The Balaban J connectivity index is 0.000000980. The van der Waals surface area contributed by atoms with E-state index in [1.54, 1.807) is 12.3 Å². The Kier molecular flexibility index (Phi) is 3.82. The molecule has 0 fully saturated rings. The van der Waals surface area contributed by atoms with Gasteiger partial charge in [-0.15, -0.1) is 0 Å². The van der Waals surface area contributed by atoms with Gasteiger partial charge in [0.05, 0.1) is 0 Å². The second-order valence-corrected chi connectivity index (χ2v) is 2.76. The van der Waals surface area contributed by atoms with Gasteiger partial charge < -0.3 is 17.9 Å². The average Bonchev–Trinajstić information content (AvgIpc) is 2.47. The fourth-order valence-electron chi connectivity index (χ4n) is 1.14. The SMILES string of the molecule is F[B-](F)(F)c1cnc2[nH]ccc2c1.[K+]. The molecule has 2 nitrogen and oxygen atoms in total. The molecule has 1 N–H and O–H groups in total. The van der Waals surface area contributed by atoms with E-state index in [0.717, 1.165) is 12.3 Å². The maximum atomic E-state index is 12.2. The summed E-state index contributed by atoms with van der Waals surface area (Å²) in [6.45, 7) is -4.94. The van der Waals surface area contributed by atoms with Crippen LogP contribution in [0.4, 0.5) is 12.9 Å². The minimum Gasteiger partial charge on any atom is -0.445 e. The maximum Gasteiger partial charge on any atom is 1.00 e. The number of aromatic nitrogens is 2. The summed E-state index contributed by atoms with van der Waals surface area (Å²) in [7, 11) is 0. The molecule has 2 aromatic heterocycles. The Bertz CT molecular complexity index is 440. The molecule has 0 amide bonds. The van der Waals surface area contributed by atoms with Crippen LogP contribution in [0.15, 0.2) is 24.5 Å². The van der Waals surface area contributed by atoms with E-state index in [-0.39, 0.29) is 51.4 Å². The second-order valence-electron chi connectivity index (χ2n) is 2.76. The van der Waals surface area contributed by atoms with Gasteiger partial charge in [-0.1, -0.05) is 11.5 Å². The molecule has 68 valence electrons. The predicted octanol–water partition coefficient (Wildman–Crippen LogP) is -1.38. The standard InChI is InChI=1S/C7H5BF3N2.K/c9-8(10,11)6-3-5-1-2-12-7(5)13-4-6;/h1-4H,(H,12,13);/q-1;+1. The molecule has 14 heavy (non-hydrogen) atoms. The molecule has 0 aromatic carbocycles. The van der Waals surface area contributed by atoms with Crippen LogP contribution in [0.5, 0.6) is 0 Å². The van der Waals surface area contributed by atoms with E-state index in [1.807, 2.05) is 0 Å². The molecular formula is C7H5BF3KN2. The number of hydrogen-bond acceptors (Lipinski definition) is 1. The first-order valence-corrected chi connectivity index (χ1v) is 3.70. The van der Waals surface area contributed by atoms with Crippen molar-refractivity contribution in [2.45, 2.75) is 0 Å². The van der Waals surface area contributed by atoms with Gasteiger partial charge in [0.15, 0.2) is 0 Å². The van der Waals surface area contributed by atoms with Crippen LogP contribution in [0, 0.1) is 0 Å². The van der Waals surface area contributed by atoms with Crippen molar-refractivity contribution >= 4 is 23.5 Å². The number of H-pyrrole nitrogens is 1. The molecule has 2 rings (SSSR count).